The van der Waals surface area contributed by atoms with Crippen LogP contribution in [0, 0.1) is 0 Å². The maximum atomic E-state index is 12.3. The van der Waals surface area contributed by atoms with Crippen LogP contribution in [0.3, 0.4) is 0 Å². The first kappa shape index (κ1) is 16.1. The Morgan fingerprint density at radius 1 is 1.00 bits per heavy atom. The van der Waals surface area contributed by atoms with Crippen LogP contribution in [0.4, 0.5) is 0 Å². The molecular formula is C20H16ClNO2. The number of halogens is 1. The second-order valence-electron chi connectivity index (χ2n) is 5.25. The summed E-state index contributed by atoms with van der Waals surface area (Å²) in [7, 11) is 0. The van der Waals surface area contributed by atoms with E-state index in [1.807, 2.05) is 48.5 Å². The molecule has 3 aromatic rings. The molecule has 0 aliphatic carbocycles. The summed E-state index contributed by atoms with van der Waals surface area (Å²) >= 11 is 5.85. The van der Waals surface area contributed by atoms with Crippen LogP contribution in [-0.2, 0) is 4.79 Å². The maximum absolute atomic E-state index is 12.3. The van der Waals surface area contributed by atoms with Crippen molar-refractivity contribution in [1.82, 2.24) is 5.32 Å². The molecule has 1 amide bonds. The van der Waals surface area contributed by atoms with E-state index in [-0.39, 0.29) is 11.9 Å². The first-order valence-electron chi connectivity index (χ1n) is 7.55. The molecule has 1 heterocycles. The topological polar surface area (TPSA) is 42.2 Å². The third-order valence-corrected chi connectivity index (χ3v) is 3.80. The Labute approximate surface area is 145 Å². The van der Waals surface area contributed by atoms with Gasteiger partial charge >= 0.3 is 0 Å². The van der Waals surface area contributed by atoms with Crippen LogP contribution < -0.4 is 5.32 Å². The summed E-state index contributed by atoms with van der Waals surface area (Å²) in [5, 5.41) is 3.64. The molecule has 0 bridgehead atoms. The zero-order chi connectivity index (χ0) is 16.8. The van der Waals surface area contributed by atoms with Gasteiger partial charge in [-0.15, -0.1) is 0 Å². The molecule has 0 saturated heterocycles. The second-order valence-corrected chi connectivity index (χ2v) is 5.69. The molecule has 120 valence electrons. The van der Waals surface area contributed by atoms with Gasteiger partial charge in [-0.3, -0.25) is 4.79 Å². The van der Waals surface area contributed by atoms with Gasteiger partial charge in [0.2, 0.25) is 5.91 Å². The molecule has 3 nitrogen and oxygen atoms in total. The largest absolute Gasteiger partial charge is 0.467 e. The lowest BCUT2D eigenvalue weighted by Crippen LogP contribution is -2.27. The van der Waals surface area contributed by atoms with E-state index >= 15 is 0 Å². The van der Waals surface area contributed by atoms with Crippen molar-refractivity contribution in [2.45, 2.75) is 6.04 Å². The smallest absolute Gasteiger partial charge is 0.244 e. The fourth-order valence-corrected chi connectivity index (χ4v) is 2.48. The lowest BCUT2D eigenvalue weighted by Gasteiger charge is -2.16. The first-order chi connectivity index (χ1) is 11.7. The van der Waals surface area contributed by atoms with Crippen LogP contribution in [0.1, 0.15) is 22.9 Å². The molecule has 4 heteroatoms. The predicted molar refractivity (Wildman–Crippen MR) is 95.6 cm³/mol. The highest BCUT2D eigenvalue weighted by Gasteiger charge is 2.17. The minimum Gasteiger partial charge on any atom is -0.467 e. The van der Waals surface area contributed by atoms with E-state index in [1.54, 1.807) is 30.5 Å². The quantitative estimate of drug-likeness (QED) is 0.676. The number of benzene rings is 2. The van der Waals surface area contributed by atoms with E-state index in [0.29, 0.717) is 10.8 Å². The molecule has 1 N–H and O–H groups in total. The summed E-state index contributed by atoms with van der Waals surface area (Å²) in [4.78, 5) is 12.3. The Bertz CT molecular complexity index is 809. The van der Waals surface area contributed by atoms with Gasteiger partial charge in [-0.2, -0.15) is 0 Å². The zero-order valence-electron chi connectivity index (χ0n) is 12.9. The van der Waals surface area contributed by atoms with Crippen molar-refractivity contribution in [3.05, 3.63) is 101 Å². The van der Waals surface area contributed by atoms with Crippen molar-refractivity contribution < 1.29 is 9.21 Å². The number of nitrogens with one attached hydrogen (secondary N) is 1. The number of carbonyl (C=O) groups is 1. The Morgan fingerprint density at radius 2 is 1.75 bits per heavy atom. The summed E-state index contributed by atoms with van der Waals surface area (Å²) in [5.41, 5.74) is 1.87. The monoisotopic (exact) mass is 337 g/mol. The van der Waals surface area contributed by atoms with Gasteiger partial charge in [0, 0.05) is 11.1 Å². The van der Waals surface area contributed by atoms with Gasteiger partial charge in [-0.25, -0.2) is 0 Å². The fraction of sp³-hybridized carbons (Fsp3) is 0.0500. The van der Waals surface area contributed by atoms with Gasteiger partial charge in [0.15, 0.2) is 0 Å². The van der Waals surface area contributed by atoms with E-state index in [0.717, 1.165) is 11.1 Å². The fourth-order valence-electron chi connectivity index (χ4n) is 2.36. The molecule has 24 heavy (non-hydrogen) atoms. The first-order valence-corrected chi connectivity index (χ1v) is 7.92. The second kappa shape index (κ2) is 7.66. The standard InChI is InChI=1S/C20H16ClNO2/c21-17-11-8-15(9-12-17)10-13-19(23)22-20(18-7-4-14-24-18)16-5-2-1-3-6-16/h1-14,20H,(H,22,23)/b13-10+/t20-/m1/s1. The minimum absolute atomic E-state index is 0.199. The third kappa shape index (κ3) is 4.15. The predicted octanol–water partition coefficient (Wildman–Crippen LogP) is 4.85. The highest BCUT2D eigenvalue weighted by Crippen LogP contribution is 2.22. The lowest BCUT2D eigenvalue weighted by atomic mass is 10.0. The summed E-state index contributed by atoms with van der Waals surface area (Å²) in [5.74, 6) is 0.490. The van der Waals surface area contributed by atoms with Gasteiger partial charge in [0.1, 0.15) is 11.8 Å². The zero-order valence-corrected chi connectivity index (χ0v) is 13.6. The molecule has 1 atom stereocenters. The van der Waals surface area contributed by atoms with Crippen molar-refractivity contribution in [3.63, 3.8) is 0 Å². The molecule has 2 aromatic carbocycles. The lowest BCUT2D eigenvalue weighted by molar-refractivity contribution is -0.117. The summed E-state index contributed by atoms with van der Waals surface area (Å²) < 4.78 is 5.47. The molecule has 3 rings (SSSR count). The van der Waals surface area contributed by atoms with Crippen LogP contribution in [0.25, 0.3) is 6.08 Å². The molecule has 0 aliphatic heterocycles. The molecule has 0 aliphatic rings. The normalized spacial score (nSPS) is 12.2. The molecule has 0 spiro atoms. The number of furan rings is 1. The number of carbonyl (C=O) groups excluding carboxylic acids is 1. The van der Waals surface area contributed by atoms with Crippen LogP contribution in [0.5, 0.6) is 0 Å². The summed E-state index contributed by atoms with van der Waals surface area (Å²) in [6.45, 7) is 0. The molecule has 0 unspecified atom stereocenters. The van der Waals surface area contributed by atoms with Crippen molar-refractivity contribution >= 4 is 23.6 Å². The Morgan fingerprint density at radius 3 is 2.42 bits per heavy atom. The molecule has 0 radical (unpaired) electrons. The number of hydrogen-bond acceptors (Lipinski definition) is 2. The van der Waals surface area contributed by atoms with Gasteiger partial charge in [0.05, 0.1) is 6.26 Å². The molecular weight excluding hydrogens is 322 g/mol. The van der Waals surface area contributed by atoms with Gasteiger partial charge in [0.25, 0.3) is 0 Å². The van der Waals surface area contributed by atoms with Crippen LogP contribution in [0.2, 0.25) is 5.02 Å². The van der Waals surface area contributed by atoms with Gasteiger partial charge in [-0.1, -0.05) is 54.1 Å². The number of amides is 1. The highest BCUT2D eigenvalue weighted by atomic mass is 35.5. The summed E-state index contributed by atoms with van der Waals surface area (Å²) in [6, 6.07) is 20.3. The van der Waals surface area contributed by atoms with Crippen molar-refractivity contribution in [1.29, 1.82) is 0 Å². The van der Waals surface area contributed by atoms with Gasteiger partial charge < -0.3 is 9.73 Å². The highest BCUT2D eigenvalue weighted by molar-refractivity contribution is 6.30. The third-order valence-electron chi connectivity index (χ3n) is 3.54. The Kier molecular flexibility index (Phi) is 5.14. The van der Waals surface area contributed by atoms with E-state index in [9.17, 15) is 4.79 Å². The van der Waals surface area contributed by atoms with E-state index in [2.05, 4.69) is 5.32 Å². The van der Waals surface area contributed by atoms with Crippen molar-refractivity contribution in [2.24, 2.45) is 0 Å². The minimum atomic E-state index is -0.330. The van der Waals surface area contributed by atoms with Crippen LogP contribution >= 0.6 is 11.6 Å². The van der Waals surface area contributed by atoms with E-state index in [1.165, 1.54) is 6.08 Å². The Hall–Kier alpha value is -2.78. The van der Waals surface area contributed by atoms with E-state index in [4.69, 9.17) is 16.0 Å². The summed E-state index contributed by atoms with van der Waals surface area (Å²) in [6.07, 6.45) is 4.85. The Balaban J connectivity index is 1.75. The van der Waals surface area contributed by atoms with Crippen LogP contribution in [-0.4, -0.2) is 5.91 Å². The molecule has 1 aromatic heterocycles. The SMILES string of the molecule is O=C(/C=C/c1ccc(Cl)cc1)N[C@H](c1ccccc1)c1ccco1. The average molecular weight is 338 g/mol. The molecule has 0 fully saturated rings. The number of rotatable bonds is 5. The average Bonchev–Trinajstić information content (AvgIpc) is 3.14. The van der Waals surface area contributed by atoms with Crippen molar-refractivity contribution in [3.8, 4) is 0 Å². The van der Waals surface area contributed by atoms with Gasteiger partial charge in [-0.05, 0) is 41.5 Å². The number of hydrogen-bond donors (Lipinski definition) is 1. The molecule has 0 saturated carbocycles. The maximum Gasteiger partial charge on any atom is 0.244 e. The van der Waals surface area contributed by atoms with Crippen molar-refractivity contribution in [2.75, 3.05) is 0 Å². The van der Waals surface area contributed by atoms with Crippen LogP contribution in [0.15, 0.2) is 83.5 Å². The van der Waals surface area contributed by atoms with E-state index < -0.39 is 0 Å².